The van der Waals surface area contributed by atoms with E-state index in [9.17, 15) is 0 Å². The molecule has 2 atom stereocenters. The second kappa shape index (κ2) is 4.37. The standard InChI is InChI=1S/C11H20N4S/c1-11(2)6-4-5-8(9(11)12)16-10-13-7-14-15(10)3/h7-9H,4-6,12H2,1-3H3. The quantitative estimate of drug-likeness (QED) is 0.856. The molecule has 0 amide bonds. The Bertz CT molecular complexity index is 361. The van der Waals surface area contributed by atoms with Gasteiger partial charge in [-0.3, -0.25) is 0 Å². The van der Waals surface area contributed by atoms with Crippen molar-refractivity contribution in [2.75, 3.05) is 0 Å². The lowest BCUT2D eigenvalue weighted by Crippen LogP contribution is -2.48. The van der Waals surface area contributed by atoms with E-state index in [-0.39, 0.29) is 11.5 Å². The summed E-state index contributed by atoms with van der Waals surface area (Å²) in [5.74, 6) is 0. The van der Waals surface area contributed by atoms with Gasteiger partial charge in [-0.05, 0) is 18.3 Å². The molecule has 0 saturated heterocycles. The first-order valence-corrected chi connectivity index (χ1v) is 6.65. The van der Waals surface area contributed by atoms with Crippen molar-refractivity contribution < 1.29 is 0 Å². The topological polar surface area (TPSA) is 56.7 Å². The molecule has 0 spiro atoms. The molecule has 1 aromatic rings. The summed E-state index contributed by atoms with van der Waals surface area (Å²) in [4.78, 5) is 4.25. The minimum atomic E-state index is 0.239. The molecule has 2 unspecified atom stereocenters. The number of hydrogen-bond acceptors (Lipinski definition) is 4. The first kappa shape index (κ1) is 11.9. The van der Waals surface area contributed by atoms with E-state index in [0.717, 1.165) is 5.16 Å². The van der Waals surface area contributed by atoms with Crippen LogP contribution in [0.3, 0.4) is 0 Å². The highest BCUT2D eigenvalue weighted by atomic mass is 32.2. The largest absolute Gasteiger partial charge is 0.326 e. The van der Waals surface area contributed by atoms with Crippen molar-refractivity contribution in [2.24, 2.45) is 18.2 Å². The van der Waals surface area contributed by atoms with Gasteiger partial charge in [-0.25, -0.2) is 9.67 Å². The third-order valence-electron chi connectivity index (χ3n) is 3.54. The van der Waals surface area contributed by atoms with Gasteiger partial charge in [0.2, 0.25) is 0 Å². The third kappa shape index (κ3) is 2.25. The highest BCUT2D eigenvalue weighted by Crippen LogP contribution is 2.41. The number of hydrogen-bond donors (Lipinski definition) is 1. The summed E-state index contributed by atoms with van der Waals surface area (Å²) in [7, 11) is 1.93. The van der Waals surface area contributed by atoms with Crippen molar-refractivity contribution in [3.8, 4) is 0 Å². The van der Waals surface area contributed by atoms with E-state index in [1.54, 1.807) is 18.1 Å². The minimum absolute atomic E-state index is 0.239. The van der Waals surface area contributed by atoms with Gasteiger partial charge in [-0.1, -0.05) is 32.0 Å². The predicted molar refractivity (Wildman–Crippen MR) is 66.3 cm³/mol. The van der Waals surface area contributed by atoms with E-state index in [4.69, 9.17) is 5.73 Å². The van der Waals surface area contributed by atoms with Crippen molar-refractivity contribution in [1.82, 2.24) is 14.8 Å². The van der Waals surface area contributed by atoms with Gasteiger partial charge in [-0.2, -0.15) is 5.10 Å². The molecule has 1 fully saturated rings. The molecule has 1 aliphatic rings. The molecule has 0 bridgehead atoms. The summed E-state index contributed by atoms with van der Waals surface area (Å²) >= 11 is 1.77. The van der Waals surface area contributed by atoms with Crippen molar-refractivity contribution in [3.63, 3.8) is 0 Å². The van der Waals surface area contributed by atoms with Gasteiger partial charge in [0.1, 0.15) is 6.33 Å². The summed E-state index contributed by atoms with van der Waals surface area (Å²) in [5, 5.41) is 5.52. The Morgan fingerprint density at radius 3 is 2.94 bits per heavy atom. The zero-order valence-corrected chi connectivity index (χ0v) is 11.0. The van der Waals surface area contributed by atoms with E-state index in [0.29, 0.717) is 5.25 Å². The third-order valence-corrected chi connectivity index (χ3v) is 4.95. The maximum atomic E-state index is 6.35. The van der Waals surface area contributed by atoms with Crippen LogP contribution in [-0.2, 0) is 7.05 Å². The van der Waals surface area contributed by atoms with Gasteiger partial charge >= 0.3 is 0 Å². The van der Waals surface area contributed by atoms with Gasteiger partial charge in [0.05, 0.1) is 0 Å². The van der Waals surface area contributed by atoms with E-state index in [1.165, 1.54) is 19.3 Å². The zero-order chi connectivity index (χ0) is 11.8. The van der Waals surface area contributed by atoms with Crippen LogP contribution in [0.5, 0.6) is 0 Å². The number of thioether (sulfide) groups is 1. The summed E-state index contributed by atoms with van der Waals surface area (Å²) in [6, 6.07) is 0.239. The lowest BCUT2D eigenvalue weighted by Gasteiger charge is -2.41. The van der Waals surface area contributed by atoms with Crippen molar-refractivity contribution >= 4 is 11.8 Å². The van der Waals surface area contributed by atoms with Crippen molar-refractivity contribution in [3.05, 3.63) is 6.33 Å². The Morgan fingerprint density at radius 1 is 1.56 bits per heavy atom. The second-order valence-corrected chi connectivity index (χ2v) is 6.44. The fraction of sp³-hybridized carbons (Fsp3) is 0.818. The number of aryl methyl sites for hydroxylation is 1. The van der Waals surface area contributed by atoms with Gasteiger partial charge in [0.25, 0.3) is 0 Å². The van der Waals surface area contributed by atoms with E-state index < -0.39 is 0 Å². The normalized spacial score (nSPS) is 29.2. The van der Waals surface area contributed by atoms with Gasteiger partial charge < -0.3 is 5.73 Å². The van der Waals surface area contributed by atoms with Gasteiger partial charge in [-0.15, -0.1) is 0 Å². The van der Waals surface area contributed by atoms with Crippen molar-refractivity contribution in [2.45, 2.75) is 49.6 Å². The van der Waals surface area contributed by atoms with Crippen molar-refractivity contribution in [1.29, 1.82) is 0 Å². The van der Waals surface area contributed by atoms with Crippen LogP contribution < -0.4 is 5.73 Å². The highest BCUT2D eigenvalue weighted by molar-refractivity contribution is 7.99. The van der Waals surface area contributed by atoms with Gasteiger partial charge in [0.15, 0.2) is 5.16 Å². The number of rotatable bonds is 2. The number of aromatic nitrogens is 3. The summed E-state index contributed by atoms with van der Waals surface area (Å²) in [6.45, 7) is 4.53. The molecule has 4 nitrogen and oxygen atoms in total. The molecular weight excluding hydrogens is 220 g/mol. The summed E-state index contributed by atoms with van der Waals surface area (Å²) < 4.78 is 1.82. The molecule has 1 aliphatic carbocycles. The molecule has 1 saturated carbocycles. The molecule has 90 valence electrons. The number of nitrogens with two attached hydrogens (primary N) is 1. The van der Waals surface area contributed by atoms with Crippen LogP contribution in [0.15, 0.2) is 11.5 Å². The second-order valence-electron chi connectivity index (χ2n) is 5.23. The van der Waals surface area contributed by atoms with Gasteiger partial charge in [0, 0.05) is 18.3 Å². The van der Waals surface area contributed by atoms with Crippen LogP contribution >= 0.6 is 11.8 Å². The predicted octanol–water partition coefficient (Wildman–Crippen LogP) is 1.81. The molecule has 0 aliphatic heterocycles. The Balaban J connectivity index is 2.08. The monoisotopic (exact) mass is 240 g/mol. The molecule has 0 radical (unpaired) electrons. The maximum absolute atomic E-state index is 6.35. The molecule has 2 N–H and O–H groups in total. The average Bonchev–Trinajstić information content (AvgIpc) is 2.60. The minimum Gasteiger partial charge on any atom is -0.326 e. The SMILES string of the molecule is Cn1ncnc1SC1CCCC(C)(C)C1N. The fourth-order valence-corrected chi connectivity index (χ4v) is 3.65. The van der Waals surface area contributed by atoms with E-state index in [1.807, 2.05) is 11.7 Å². The van der Waals surface area contributed by atoms with E-state index >= 15 is 0 Å². The first-order valence-electron chi connectivity index (χ1n) is 5.77. The van der Waals surface area contributed by atoms with Crippen LogP contribution in [0.25, 0.3) is 0 Å². The summed E-state index contributed by atoms with van der Waals surface area (Å²) in [6.07, 6.45) is 5.27. The zero-order valence-electron chi connectivity index (χ0n) is 10.2. The molecule has 2 rings (SSSR count). The Hall–Kier alpha value is -0.550. The Kier molecular flexibility index (Phi) is 3.26. The first-order chi connectivity index (χ1) is 7.50. The average molecular weight is 240 g/mol. The van der Waals surface area contributed by atoms with E-state index in [2.05, 4.69) is 23.9 Å². The number of nitrogens with zero attached hydrogens (tertiary/aromatic N) is 3. The van der Waals surface area contributed by atoms with Crippen LogP contribution in [0, 0.1) is 5.41 Å². The van der Waals surface area contributed by atoms with Crippen LogP contribution in [-0.4, -0.2) is 26.1 Å². The smallest absolute Gasteiger partial charge is 0.186 e. The maximum Gasteiger partial charge on any atom is 0.186 e. The highest BCUT2D eigenvalue weighted by Gasteiger charge is 2.37. The molecule has 1 heterocycles. The molecular formula is C11H20N4S. The lowest BCUT2D eigenvalue weighted by molar-refractivity contribution is 0.208. The molecule has 0 aromatic carbocycles. The Labute approximate surface area is 101 Å². The molecule has 5 heteroatoms. The molecule has 16 heavy (non-hydrogen) atoms. The van der Waals surface area contributed by atoms with Crippen LogP contribution in [0.2, 0.25) is 0 Å². The van der Waals surface area contributed by atoms with Crippen LogP contribution in [0.1, 0.15) is 33.1 Å². The fourth-order valence-electron chi connectivity index (χ4n) is 2.27. The Morgan fingerprint density at radius 2 is 2.31 bits per heavy atom. The summed E-state index contributed by atoms with van der Waals surface area (Å²) in [5.41, 5.74) is 6.59. The lowest BCUT2D eigenvalue weighted by atomic mass is 9.73. The van der Waals surface area contributed by atoms with Crippen LogP contribution in [0.4, 0.5) is 0 Å². The molecule has 1 aromatic heterocycles.